The maximum Gasteiger partial charge on any atom is 0.311 e. The van der Waals surface area contributed by atoms with E-state index in [1.165, 1.54) is 0 Å². The Morgan fingerprint density at radius 3 is 1.65 bits per heavy atom. The first kappa shape index (κ1) is 21.9. The smallest absolute Gasteiger partial charge is 0.311 e. The molecule has 6 heteroatoms. The number of carbonyl (C=O) groups is 2. The van der Waals surface area contributed by atoms with E-state index < -0.39 is 16.9 Å². The molecule has 136 valence electrons. The summed E-state index contributed by atoms with van der Waals surface area (Å²) in [4.78, 5) is 23.7. The highest BCUT2D eigenvalue weighted by atomic mass is 16.7. The van der Waals surface area contributed by atoms with Crippen molar-refractivity contribution in [3.63, 3.8) is 0 Å². The Morgan fingerprint density at radius 2 is 1.30 bits per heavy atom. The third-order valence-corrected chi connectivity index (χ3v) is 2.76. The molecule has 0 aromatic carbocycles. The number of carbonyl (C=O) groups excluding carboxylic acids is 2. The third kappa shape index (κ3) is 10.3. The molecule has 0 N–H and O–H groups in total. The lowest BCUT2D eigenvalue weighted by atomic mass is 9.97. The van der Waals surface area contributed by atoms with Gasteiger partial charge in [-0.15, -0.1) is 0 Å². The molecule has 0 radical (unpaired) electrons. The van der Waals surface area contributed by atoms with Crippen molar-refractivity contribution in [2.75, 3.05) is 26.6 Å². The molecule has 0 saturated heterocycles. The van der Waals surface area contributed by atoms with Crippen LogP contribution >= 0.6 is 0 Å². The number of hydrogen-bond donors (Lipinski definition) is 0. The first-order valence-corrected chi connectivity index (χ1v) is 8.02. The molecule has 0 aliphatic heterocycles. The topological polar surface area (TPSA) is 71.1 Å². The number of rotatable bonds is 9. The molecular weight excluding hydrogens is 300 g/mol. The van der Waals surface area contributed by atoms with Gasteiger partial charge in [0.05, 0.1) is 10.8 Å². The summed E-state index contributed by atoms with van der Waals surface area (Å²) < 4.78 is 21.2. The van der Waals surface area contributed by atoms with Crippen LogP contribution in [0.4, 0.5) is 0 Å². The van der Waals surface area contributed by atoms with E-state index in [0.29, 0.717) is 6.61 Å². The molecule has 0 aromatic heterocycles. The standard InChI is InChI=1S/C17H32O6/c1-8-9-20-12-23-13(10-21-14(18)16(2,3)4)11-22-15(19)17(5,6)7/h13H,8-12H2,1-7H3. The van der Waals surface area contributed by atoms with Crippen LogP contribution in [0.2, 0.25) is 0 Å². The first-order chi connectivity index (χ1) is 10.5. The molecule has 0 aliphatic carbocycles. The number of ether oxygens (including phenoxy) is 4. The van der Waals surface area contributed by atoms with Crippen LogP contribution in [-0.2, 0) is 28.5 Å². The minimum absolute atomic E-state index is 0.0169. The zero-order chi connectivity index (χ0) is 18.1. The molecular formula is C17H32O6. The Balaban J connectivity index is 4.44. The van der Waals surface area contributed by atoms with Crippen molar-refractivity contribution in [1.29, 1.82) is 0 Å². The second kappa shape index (κ2) is 9.88. The van der Waals surface area contributed by atoms with E-state index in [0.717, 1.165) is 6.42 Å². The molecule has 0 atom stereocenters. The SMILES string of the molecule is CCCOCOC(COC(=O)C(C)(C)C)COC(=O)C(C)(C)C. The normalized spacial score (nSPS) is 12.3. The third-order valence-electron chi connectivity index (χ3n) is 2.76. The van der Waals surface area contributed by atoms with E-state index >= 15 is 0 Å². The average molecular weight is 332 g/mol. The maximum absolute atomic E-state index is 11.8. The maximum atomic E-state index is 11.8. The molecule has 0 rings (SSSR count). The van der Waals surface area contributed by atoms with Gasteiger partial charge in [-0.25, -0.2) is 0 Å². The average Bonchev–Trinajstić information content (AvgIpc) is 2.42. The Kier molecular flexibility index (Phi) is 9.39. The van der Waals surface area contributed by atoms with Crippen LogP contribution in [0.1, 0.15) is 54.9 Å². The molecule has 0 fully saturated rings. The Labute approximate surface area is 139 Å². The summed E-state index contributed by atoms with van der Waals surface area (Å²) in [5, 5.41) is 0. The van der Waals surface area contributed by atoms with Crippen molar-refractivity contribution in [2.45, 2.75) is 61.0 Å². The molecule has 0 aromatic rings. The van der Waals surface area contributed by atoms with Crippen molar-refractivity contribution in [1.82, 2.24) is 0 Å². The van der Waals surface area contributed by atoms with Crippen molar-refractivity contribution in [2.24, 2.45) is 10.8 Å². The van der Waals surface area contributed by atoms with Crippen molar-refractivity contribution in [3.05, 3.63) is 0 Å². The lowest BCUT2D eigenvalue weighted by Crippen LogP contribution is -2.34. The highest BCUT2D eigenvalue weighted by molar-refractivity contribution is 5.75. The van der Waals surface area contributed by atoms with Gasteiger partial charge in [-0.05, 0) is 48.0 Å². The van der Waals surface area contributed by atoms with E-state index in [1.807, 2.05) is 6.92 Å². The fourth-order valence-corrected chi connectivity index (χ4v) is 1.26. The van der Waals surface area contributed by atoms with E-state index in [-0.39, 0.29) is 31.9 Å². The van der Waals surface area contributed by atoms with Crippen LogP contribution < -0.4 is 0 Å². The molecule has 6 nitrogen and oxygen atoms in total. The van der Waals surface area contributed by atoms with Crippen molar-refractivity contribution < 1.29 is 28.5 Å². The lowest BCUT2D eigenvalue weighted by molar-refractivity contribution is -0.173. The summed E-state index contributed by atoms with van der Waals surface area (Å²) in [7, 11) is 0. The van der Waals surface area contributed by atoms with Crippen LogP contribution in [0, 0.1) is 10.8 Å². The number of esters is 2. The van der Waals surface area contributed by atoms with Gasteiger partial charge in [0, 0.05) is 6.61 Å². The molecule has 0 aliphatic rings. The zero-order valence-corrected chi connectivity index (χ0v) is 15.6. The second-order valence-electron chi connectivity index (χ2n) is 7.51. The Bertz CT molecular complexity index is 334. The lowest BCUT2D eigenvalue weighted by Gasteiger charge is -2.23. The highest BCUT2D eigenvalue weighted by Gasteiger charge is 2.27. The van der Waals surface area contributed by atoms with Gasteiger partial charge in [-0.2, -0.15) is 0 Å². The summed E-state index contributed by atoms with van der Waals surface area (Å²) in [6.45, 7) is 13.3. The van der Waals surface area contributed by atoms with Gasteiger partial charge in [0.25, 0.3) is 0 Å². The summed E-state index contributed by atoms with van der Waals surface area (Å²) in [5.74, 6) is -0.662. The first-order valence-electron chi connectivity index (χ1n) is 8.02. The van der Waals surface area contributed by atoms with Crippen molar-refractivity contribution >= 4 is 11.9 Å². The van der Waals surface area contributed by atoms with Crippen molar-refractivity contribution in [3.8, 4) is 0 Å². The van der Waals surface area contributed by atoms with Gasteiger partial charge in [-0.1, -0.05) is 6.92 Å². The van der Waals surface area contributed by atoms with Gasteiger partial charge in [0.1, 0.15) is 26.1 Å². The largest absolute Gasteiger partial charge is 0.462 e. The fourth-order valence-electron chi connectivity index (χ4n) is 1.26. The van der Waals surface area contributed by atoms with E-state index in [1.54, 1.807) is 41.5 Å². The van der Waals surface area contributed by atoms with Crippen LogP contribution in [0.5, 0.6) is 0 Å². The molecule has 23 heavy (non-hydrogen) atoms. The van der Waals surface area contributed by atoms with Gasteiger partial charge in [0.15, 0.2) is 0 Å². The quantitative estimate of drug-likeness (QED) is 0.367. The van der Waals surface area contributed by atoms with Gasteiger partial charge < -0.3 is 18.9 Å². The summed E-state index contributed by atoms with van der Waals surface area (Å²) in [5.41, 5.74) is -1.18. The highest BCUT2D eigenvalue weighted by Crippen LogP contribution is 2.17. The summed E-state index contributed by atoms with van der Waals surface area (Å²) in [6, 6.07) is 0. The molecule has 0 saturated carbocycles. The van der Waals surface area contributed by atoms with E-state index in [2.05, 4.69) is 0 Å². The van der Waals surface area contributed by atoms with Gasteiger partial charge >= 0.3 is 11.9 Å². The molecule has 0 heterocycles. The monoisotopic (exact) mass is 332 g/mol. The minimum atomic E-state index is -0.592. The Morgan fingerprint density at radius 1 is 0.870 bits per heavy atom. The molecule has 0 unspecified atom stereocenters. The second-order valence-corrected chi connectivity index (χ2v) is 7.51. The predicted molar refractivity (Wildman–Crippen MR) is 86.8 cm³/mol. The molecule has 0 bridgehead atoms. The van der Waals surface area contributed by atoms with E-state index in [4.69, 9.17) is 18.9 Å². The summed E-state index contributed by atoms with van der Waals surface area (Å²) in [6.07, 6.45) is 0.330. The Hall–Kier alpha value is -1.14. The van der Waals surface area contributed by atoms with Crippen LogP contribution in [0.25, 0.3) is 0 Å². The van der Waals surface area contributed by atoms with Gasteiger partial charge in [-0.3, -0.25) is 9.59 Å². The summed E-state index contributed by atoms with van der Waals surface area (Å²) >= 11 is 0. The van der Waals surface area contributed by atoms with E-state index in [9.17, 15) is 9.59 Å². The van der Waals surface area contributed by atoms with Crippen LogP contribution in [-0.4, -0.2) is 44.7 Å². The van der Waals surface area contributed by atoms with Crippen LogP contribution in [0.15, 0.2) is 0 Å². The number of hydrogen-bond acceptors (Lipinski definition) is 6. The minimum Gasteiger partial charge on any atom is -0.462 e. The molecule has 0 amide bonds. The predicted octanol–water partition coefficient (Wildman–Crippen LogP) is 2.93. The van der Waals surface area contributed by atoms with Gasteiger partial charge in [0.2, 0.25) is 0 Å². The fraction of sp³-hybridized carbons (Fsp3) is 0.882. The zero-order valence-electron chi connectivity index (χ0n) is 15.6. The van der Waals surface area contributed by atoms with Crippen LogP contribution in [0.3, 0.4) is 0 Å². The molecule has 0 spiro atoms.